The van der Waals surface area contributed by atoms with Crippen molar-refractivity contribution in [3.05, 3.63) is 23.8 Å². The fraction of sp³-hybridized carbons (Fsp3) is 0.500. The Bertz CT molecular complexity index is 380. The Kier molecular flexibility index (Phi) is 5.49. The molecule has 0 fully saturated rings. The Labute approximate surface area is 108 Å². The molecule has 0 spiro atoms. The predicted molar refractivity (Wildman–Crippen MR) is 70.9 cm³/mol. The van der Waals surface area contributed by atoms with Gasteiger partial charge >= 0.3 is 0 Å². The normalized spacial score (nSPS) is 10.4. The monoisotopic (exact) mass is 251 g/mol. The molecule has 1 rings (SSSR count). The molecule has 4 nitrogen and oxygen atoms in total. The Morgan fingerprint density at radius 1 is 1.33 bits per heavy atom. The SMILES string of the molecule is CCC(CC)NC(=O)COc1cc(C)cc(O)c1. The maximum Gasteiger partial charge on any atom is 0.258 e. The number of ether oxygens (including phenoxy) is 1. The molecular weight excluding hydrogens is 230 g/mol. The zero-order valence-corrected chi connectivity index (χ0v) is 11.2. The van der Waals surface area contributed by atoms with Crippen LogP contribution in [0.5, 0.6) is 11.5 Å². The summed E-state index contributed by atoms with van der Waals surface area (Å²) < 4.78 is 5.35. The number of phenols is 1. The highest BCUT2D eigenvalue weighted by molar-refractivity contribution is 5.77. The molecule has 1 amide bonds. The molecule has 1 aromatic carbocycles. The van der Waals surface area contributed by atoms with Crippen molar-refractivity contribution in [3.8, 4) is 11.5 Å². The van der Waals surface area contributed by atoms with Crippen LogP contribution in [0.3, 0.4) is 0 Å². The molecule has 4 heteroatoms. The predicted octanol–water partition coefficient (Wildman–Crippen LogP) is 2.38. The second-order valence-corrected chi connectivity index (χ2v) is 4.37. The third kappa shape index (κ3) is 4.65. The molecule has 0 saturated heterocycles. The van der Waals surface area contributed by atoms with Gasteiger partial charge in [-0.05, 0) is 37.5 Å². The largest absolute Gasteiger partial charge is 0.508 e. The number of nitrogens with one attached hydrogen (secondary N) is 1. The van der Waals surface area contributed by atoms with Crippen LogP contribution in [0.1, 0.15) is 32.3 Å². The van der Waals surface area contributed by atoms with Gasteiger partial charge in [-0.25, -0.2) is 0 Å². The van der Waals surface area contributed by atoms with Gasteiger partial charge in [0.1, 0.15) is 11.5 Å². The second-order valence-electron chi connectivity index (χ2n) is 4.37. The molecule has 1 aromatic rings. The van der Waals surface area contributed by atoms with Crippen molar-refractivity contribution >= 4 is 5.91 Å². The lowest BCUT2D eigenvalue weighted by molar-refractivity contribution is -0.123. The van der Waals surface area contributed by atoms with Gasteiger partial charge in [0.15, 0.2) is 6.61 Å². The van der Waals surface area contributed by atoms with Crippen LogP contribution in [-0.4, -0.2) is 23.7 Å². The van der Waals surface area contributed by atoms with E-state index in [2.05, 4.69) is 5.32 Å². The number of phenolic OH excluding ortho intramolecular Hbond substituents is 1. The highest BCUT2D eigenvalue weighted by atomic mass is 16.5. The van der Waals surface area contributed by atoms with Crippen molar-refractivity contribution in [1.29, 1.82) is 0 Å². The topological polar surface area (TPSA) is 58.6 Å². The fourth-order valence-corrected chi connectivity index (χ4v) is 1.72. The van der Waals surface area contributed by atoms with E-state index >= 15 is 0 Å². The van der Waals surface area contributed by atoms with E-state index in [1.165, 1.54) is 6.07 Å². The van der Waals surface area contributed by atoms with Crippen molar-refractivity contribution in [2.75, 3.05) is 6.61 Å². The summed E-state index contributed by atoms with van der Waals surface area (Å²) in [6.07, 6.45) is 1.82. The van der Waals surface area contributed by atoms with Crippen LogP contribution in [-0.2, 0) is 4.79 Å². The summed E-state index contributed by atoms with van der Waals surface area (Å²) in [5, 5.41) is 12.3. The number of benzene rings is 1. The van der Waals surface area contributed by atoms with Gasteiger partial charge in [-0.2, -0.15) is 0 Å². The Morgan fingerprint density at radius 2 is 2.00 bits per heavy atom. The van der Waals surface area contributed by atoms with E-state index in [0.29, 0.717) is 5.75 Å². The molecule has 0 radical (unpaired) electrons. The molecule has 0 aliphatic heterocycles. The van der Waals surface area contributed by atoms with E-state index in [9.17, 15) is 9.90 Å². The number of hydrogen-bond acceptors (Lipinski definition) is 3. The zero-order chi connectivity index (χ0) is 13.5. The summed E-state index contributed by atoms with van der Waals surface area (Å²) in [5.41, 5.74) is 0.894. The van der Waals surface area contributed by atoms with Crippen molar-refractivity contribution in [1.82, 2.24) is 5.32 Å². The number of hydrogen-bond donors (Lipinski definition) is 2. The van der Waals surface area contributed by atoms with E-state index in [0.717, 1.165) is 18.4 Å². The van der Waals surface area contributed by atoms with Gasteiger partial charge < -0.3 is 15.2 Å². The van der Waals surface area contributed by atoms with Crippen LogP contribution >= 0.6 is 0 Å². The minimum absolute atomic E-state index is 0.0284. The van der Waals surface area contributed by atoms with Gasteiger partial charge in [0.05, 0.1) is 0 Å². The van der Waals surface area contributed by atoms with Crippen LogP contribution in [0.25, 0.3) is 0 Å². The third-order valence-electron chi connectivity index (χ3n) is 2.76. The van der Waals surface area contributed by atoms with E-state index < -0.39 is 0 Å². The number of carbonyl (C=O) groups is 1. The van der Waals surface area contributed by atoms with Crippen LogP contribution in [0.15, 0.2) is 18.2 Å². The van der Waals surface area contributed by atoms with Crippen LogP contribution in [0.2, 0.25) is 0 Å². The van der Waals surface area contributed by atoms with Gasteiger partial charge in [-0.3, -0.25) is 4.79 Å². The van der Waals surface area contributed by atoms with E-state index in [4.69, 9.17) is 4.74 Å². The molecule has 18 heavy (non-hydrogen) atoms. The summed E-state index contributed by atoms with van der Waals surface area (Å²) >= 11 is 0. The maximum atomic E-state index is 11.6. The Morgan fingerprint density at radius 3 is 2.56 bits per heavy atom. The molecule has 100 valence electrons. The number of carbonyl (C=O) groups excluding carboxylic acids is 1. The number of rotatable bonds is 6. The summed E-state index contributed by atoms with van der Waals surface area (Å²) in [6, 6.07) is 5.12. The number of aromatic hydroxyl groups is 1. The Hall–Kier alpha value is -1.71. The molecule has 0 atom stereocenters. The van der Waals surface area contributed by atoms with Gasteiger partial charge in [-0.15, -0.1) is 0 Å². The standard InChI is InChI=1S/C14H21NO3/c1-4-11(5-2)15-14(17)9-18-13-7-10(3)6-12(16)8-13/h6-8,11,16H,4-5,9H2,1-3H3,(H,15,17). The van der Waals surface area contributed by atoms with Gasteiger partial charge in [0.25, 0.3) is 5.91 Å². The third-order valence-corrected chi connectivity index (χ3v) is 2.76. The van der Waals surface area contributed by atoms with Crippen LogP contribution in [0.4, 0.5) is 0 Å². The van der Waals surface area contributed by atoms with Crippen molar-refractivity contribution in [2.24, 2.45) is 0 Å². The lowest BCUT2D eigenvalue weighted by Crippen LogP contribution is -2.37. The first kappa shape index (κ1) is 14.4. The molecule has 0 heterocycles. The molecule has 0 bridgehead atoms. The van der Waals surface area contributed by atoms with Gasteiger partial charge in [0.2, 0.25) is 0 Å². The second kappa shape index (κ2) is 6.89. The van der Waals surface area contributed by atoms with Crippen LogP contribution in [0, 0.1) is 6.92 Å². The van der Waals surface area contributed by atoms with Crippen LogP contribution < -0.4 is 10.1 Å². The summed E-state index contributed by atoms with van der Waals surface area (Å²) in [4.78, 5) is 11.6. The van der Waals surface area contributed by atoms with Gasteiger partial charge in [0, 0.05) is 12.1 Å². The molecule has 0 aromatic heterocycles. The highest BCUT2D eigenvalue weighted by Gasteiger charge is 2.09. The molecular formula is C14H21NO3. The minimum atomic E-state index is -0.135. The smallest absolute Gasteiger partial charge is 0.258 e. The summed E-state index contributed by atoms with van der Waals surface area (Å²) in [6.45, 7) is 5.90. The number of aryl methyl sites for hydroxylation is 1. The zero-order valence-electron chi connectivity index (χ0n) is 11.2. The minimum Gasteiger partial charge on any atom is -0.508 e. The first-order chi connectivity index (χ1) is 8.55. The van der Waals surface area contributed by atoms with E-state index in [1.54, 1.807) is 12.1 Å². The summed E-state index contributed by atoms with van der Waals surface area (Å²) in [5.74, 6) is 0.516. The molecule has 0 unspecified atom stereocenters. The quantitative estimate of drug-likeness (QED) is 0.816. The summed E-state index contributed by atoms with van der Waals surface area (Å²) in [7, 11) is 0. The molecule has 2 N–H and O–H groups in total. The lowest BCUT2D eigenvalue weighted by Gasteiger charge is -2.15. The van der Waals surface area contributed by atoms with Crippen molar-refractivity contribution in [3.63, 3.8) is 0 Å². The van der Waals surface area contributed by atoms with Gasteiger partial charge in [-0.1, -0.05) is 13.8 Å². The number of amides is 1. The van der Waals surface area contributed by atoms with Crippen molar-refractivity contribution < 1.29 is 14.6 Å². The molecule has 0 aliphatic carbocycles. The van der Waals surface area contributed by atoms with Crippen molar-refractivity contribution in [2.45, 2.75) is 39.7 Å². The average molecular weight is 251 g/mol. The maximum absolute atomic E-state index is 11.6. The first-order valence-electron chi connectivity index (χ1n) is 6.28. The molecule has 0 saturated carbocycles. The first-order valence-corrected chi connectivity index (χ1v) is 6.28. The fourth-order valence-electron chi connectivity index (χ4n) is 1.72. The Balaban J connectivity index is 2.47. The lowest BCUT2D eigenvalue weighted by atomic mass is 10.2. The average Bonchev–Trinajstić information content (AvgIpc) is 2.32. The van der Waals surface area contributed by atoms with E-state index in [1.807, 2.05) is 20.8 Å². The molecule has 0 aliphatic rings. The highest BCUT2D eigenvalue weighted by Crippen LogP contribution is 2.20. The van der Waals surface area contributed by atoms with E-state index in [-0.39, 0.29) is 24.3 Å².